The van der Waals surface area contributed by atoms with E-state index in [2.05, 4.69) is 26.9 Å². The highest BCUT2D eigenvalue weighted by Crippen LogP contribution is 2.40. The number of aryl methyl sites for hydroxylation is 1. The Labute approximate surface area is 176 Å². The Balaban J connectivity index is 1.34. The van der Waals surface area contributed by atoms with Crippen molar-refractivity contribution in [1.82, 2.24) is 19.7 Å². The van der Waals surface area contributed by atoms with E-state index < -0.39 is 0 Å². The number of methoxy groups -OCH3 is 1. The van der Waals surface area contributed by atoms with Crippen LogP contribution >= 0.6 is 0 Å². The van der Waals surface area contributed by atoms with E-state index in [1.54, 1.807) is 18.0 Å². The summed E-state index contributed by atoms with van der Waals surface area (Å²) in [6.07, 6.45) is 4.78. The molecule has 1 aromatic carbocycles. The number of aromatic hydroxyl groups is 1. The molecule has 1 atom stereocenters. The fourth-order valence-corrected chi connectivity index (χ4v) is 4.69. The predicted octanol–water partition coefficient (Wildman–Crippen LogP) is 3.18. The monoisotopic (exact) mass is 405 g/mol. The lowest BCUT2D eigenvalue weighted by Crippen LogP contribution is -2.48. The number of rotatable bonds is 4. The number of pyridine rings is 1. The Morgan fingerprint density at radius 1 is 1.03 bits per heavy atom. The summed E-state index contributed by atoms with van der Waals surface area (Å²) in [4.78, 5) is 9.27. The van der Waals surface area contributed by atoms with Gasteiger partial charge in [-0.3, -0.25) is 4.90 Å². The highest BCUT2D eigenvalue weighted by molar-refractivity contribution is 5.49. The maximum Gasteiger partial charge on any atom is 0.220 e. The van der Waals surface area contributed by atoms with Crippen molar-refractivity contribution in [3.8, 4) is 17.4 Å². The molecule has 7 nitrogen and oxygen atoms in total. The highest BCUT2D eigenvalue weighted by Gasteiger charge is 2.34. The summed E-state index contributed by atoms with van der Waals surface area (Å²) in [5.74, 6) is 1.78. The van der Waals surface area contributed by atoms with Crippen LogP contribution in [0.4, 0.5) is 5.69 Å². The summed E-state index contributed by atoms with van der Waals surface area (Å²) in [7, 11) is 1.69. The van der Waals surface area contributed by atoms with Gasteiger partial charge >= 0.3 is 0 Å². The van der Waals surface area contributed by atoms with Crippen LogP contribution < -0.4 is 9.64 Å². The maximum absolute atomic E-state index is 11.0. The fraction of sp³-hybridized carbons (Fsp3) is 0.391. The molecule has 1 N–H and O–H groups in total. The first-order chi connectivity index (χ1) is 14.7. The molecule has 30 heavy (non-hydrogen) atoms. The minimum absolute atomic E-state index is 0.212. The lowest BCUT2D eigenvalue weighted by molar-refractivity contribution is 0.165. The molecule has 0 bridgehead atoms. The van der Waals surface area contributed by atoms with Crippen molar-refractivity contribution in [2.75, 3.05) is 38.2 Å². The number of fused-ring (bicyclic) bond motifs is 1. The molecule has 0 spiro atoms. The molecular formula is C23H27N5O2. The third kappa shape index (κ3) is 3.39. The topological polar surface area (TPSA) is 66.7 Å². The molecule has 156 valence electrons. The molecule has 3 heterocycles. The molecule has 3 aromatic rings. The Morgan fingerprint density at radius 3 is 2.53 bits per heavy atom. The van der Waals surface area contributed by atoms with Gasteiger partial charge in [-0.15, -0.1) is 0 Å². The number of nitrogens with zero attached hydrogens (tertiary/aromatic N) is 5. The van der Waals surface area contributed by atoms with Gasteiger partial charge in [-0.1, -0.05) is 6.07 Å². The van der Waals surface area contributed by atoms with Gasteiger partial charge in [0.1, 0.15) is 5.75 Å². The molecular weight excluding hydrogens is 378 g/mol. The first-order valence-corrected chi connectivity index (χ1v) is 10.6. The number of benzene rings is 1. The van der Waals surface area contributed by atoms with Crippen molar-refractivity contribution in [3.63, 3.8) is 0 Å². The second-order valence-corrected chi connectivity index (χ2v) is 7.91. The number of hydrogen-bond acceptors (Lipinski definition) is 6. The first-order valence-electron chi connectivity index (χ1n) is 10.6. The molecule has 2 aromatic heterocycles. The highest BCUT2D eigenvalue weighted by atomic mass is 16.5. The van der Waals surface area contributed by atoms with E-state index in [9.17, 15) is 5.11 Å². The zero-order valence-electron chi connectivity index (χ0n) is 17.2. The summed E-state index contributed by atoms with van der Waals surface area (Å²) in [5, 5.41) is 15.7. The number of anilines is 1. The summed E-state index contributed by atoms with van der Waals surface area (Å²) in [5.41, 5.74) is 3.22. The quantitative estimate of drug-likeness (QED) is 0.719. The molecule has 0 saturated carbocycles. The summed E-state index contributed by atoms with van der Waals surface area (Å²) >= 11 is 0. The Morgan fingerprint density at radius 2 is 1.83 bits per heavy atom. The van der Waals surface area contributed by atoms with E-state index in [1.165, 1.54) is 5.69 Å². The van der Waals surface area contributed by atoms with Crippen LogP contribution in [0.2, 0.25) is 0 Å². The van der Waals surface area contributed by atoms with Crippen LogP contribution in [0.15, 0.2) is 48.7 Å². The lowest BCUT2D eigenvalue weighted by Gasteiger charge is -2.41. The van der Waals surface area contributed by atoms with Crippen molar-refractivity contribution >= 4 is 5.69 Å². The molecule has 5 rings (SSSR count). The number of aromatic nitrogens is 3. The van der Waals surface area contributed by atoms with Gasteiger partial charge < -0.3 is 14.7 Å². The van der Waals surface area contributed by atoms with Crippen LogP contribution in [0.25, 0.3) is 5.82 Å². The fourth-order valence-electron chi connectivity index (χ4n) is 4.69. The van der Waals surface area contributed by atoms with Crippen LogP contribution in [0.3, 0.4) is 0 Å². The lowest BCUT2D eigenvalue weighted by atomic mass is 9.91. The van der Waals surface area contributed by atoms with Gasteiger partial charge in [0.05, 0.1) is 18.4 Å². The normalized spacial score (nSPS) is 19.5. The Bertz CT molecular complexity index is 994. The van der Waals surface area contributed by atoms with E-state index in [1.807, 2.05) is 30.3 Å². The van der Waals surface area contributed by atoms with Crippen LogP contribution in [-0.2, 0) is 6.42 Å². The molecule has 1 aliphatic carbocycles. The van der Waals surface area contributed by atoms with Crippen molar-refractivity contribution in [1.29, 1.82) is 0 Å². The zero-order valence-corrected chi connectivity index (χ0v) is 17.2. The maximum atomic E-state index is 11.0. The zero-order chi connectivity index (χ0) is 20.5. The second-order valence-electron chi connectivity index (χ2n) is 7.91. The molecule has 1 unspecified atom stereocenters. The van der Waals surface area contributed by atoms with Gasteiger partial charge in [-0.25, -0.2) is 4.98 Å². The second kappa shape index (κ2) is 7.99. The molecule has 1 fully saturated rings. The smallest absolute Gasteiger partial charge is 0.220 e. The average molecular weight is 406 g/mol. The number of ether oxygens (including phenoxy) is 1. The van der Waals surface area contributed by atoms with Crippen LogP contribution in [0.5, 0.6) is 11.6 Å². The van der Waals surface area contributed by atoms with Gasteiger partial charge in [-0.05, 0) is 55.7 Å². The van der Waals surface area contributed by atoms with Gasteiger partial charge in [-0.2, -0.15) is 9.78 Å². The van der Waals surface area contributed by atoms with Crippen molar-refractivity contribution in [3.05, 3.63) is 59.9 Å². The average Bonchev–Trinajstić information content (AvgIpc) is 3.16. The predicted molar refractivity (Wildman–Crippen MR) is 115 cm³/mol. The number of hydrogen-bond donors (Lipinski definition) is 1. The van der Waals surface area contributed by atoms with Crippen molar-refractivity contribution in [2.24, 2.45) is 0 Å². The molecule has 0 radical (unpaired) electrons. The summed E-state index contributed by atoms with van der Waals surface area (Å²) in [6.45, 7) is 3.86. The standard InChI is InChI=1S/C23H27N5O2/c1-30-18-10-8-17(9-11-18)26-13-15-27(16-14-26)20-6-4-5-19-22(20)23(29)28(25-19)21-7-2-3-12-24-21/h2-3,7-12,20,29H,4-6,13-16H2,1H3. The summed E-state index contributed by atoms with van der Waals surface area (Å²) in [6, 6.07) is 14.1. The number of piperazine rings is 1. The van der Waals surface area contributed by atoms with E-state index in [-0.39, 0.29) is 11.9 Å². The van der Waals surface area contributed by atoms with E-state index in [0.29, 0.717) is 5.82 Å². The SMILES string of the molecule is COc1ccc(N2CCN(C3CCCc4nn(-c5ccccn5)c(O)c43)CC2)cc1. The van der Waals surface area contributed by atoms with Gasteiger partial charge in [0.2, 0.25) is 5.88 Å². The van der Waals surface area contributed by atoms with Crippen molar-refractivity contribution in [2.45, 2.75) is 25.3 Å². The van der Waals surface area contributed by atoms with Crippen LogP contribution in [0, 0.1) is 0 Å². The van der Waals surface area contributed by atoms with Crippen molar-refractivity contribution < 1.29 is 9.84 Å². The third-order valence-corrected chi connectivity index (χ3v) is 6.26. The Hall–Kier alpha value is -3.06. The first kappa shape index (κ1) is 18.9. The molecule has 7 heteroatoms. The molecule has 1 saturated heterocycles. The van der Waals surface area contributed by atoms with Gasteiger partial charge in [0, 0.05) is 44.1 Å². The molecule has 1 aliphatic heterocycles. The Kier molecular flexibility index (Phi) is 5.04. The van der Waals surface area contributed by atoms with Crippen LogP contribution in [0.1, 0.15) is 30.1 Å². The largest absolute Gasteiger partial charge is 0.497 e. The molecule has 2 aliphatic rings. The van der Waals surface area contributed by atoms with E-state index in [4.69, 9.17) is 9.84 Å². The van der Waals surface area contributed by atoms with Crippen LogP contribution in [-0.4, -0.2) is 58.1 Å². The minimum atomic E-state index is 0.212. The summed E-state index contributed by atoms with van der Waals surface area (Å²) < 4.78 is 6.86. The van der Waals surface area contributed by atoms with Gasteiger partial charge in [0.15, 0.2) is 5.82 Å². The van der Waals surface area contributed by atoms with E-state index >= 15 is 0 Å². The third-order valence-electron chi connectivity index (χ3n) is 6.26. The minimum Gasteiger partial charge on any atom is -0.497 e. The van der Waals surface area contributed by atoms with E-state index in [0.717, 1.165) is 62.4 Å². The van der Waals surface area contributed by atoms with Gasteiger partial charge in [0.25, 0.3) is 0 Å². The molecule has 0 amide bonds.